The number of rotatable bonds is 7. The van der Waals surface area contributed by atoms with Gasteiger partial charge in [-0.05, 0) is 37.1 Å². The van der Waals surface area contributed by atoms with Gasteiger partial charge < -0.3 is 14.5 Å². The summed E-state index contributed by atoms with van der Waals surface area (Å²) in [6, 6.07) is 12.4. The molecule has 1 aromatic heterocycles. The summed E-state index contributed by atoms with van der Waals surface area (Å²) >= 11 is 0. The molecule has 0 unspecified atom stereocenters. The topological polar surface area (TPSA) is 34.4 Å². The van der Waals surface area contributed by atoms with Crippen LogP contribution in [0.3, 0.4) is 0 Å². The molecule has 3 nitrogen and oxygen atoms in total. The highest BCUT2D eigenvalue weighted by Crippen LogP contribution is 2.11. The monoisotopic (exact) mass is 259 g/mol. The van der Waals surface area contributed by atoms with E-state index in [2.05, 4.69) is 23.5 Å². The summed E-state index contributed by atoms with van der Waals surface area (Å²) in [6.07, 6.45) is 0. The first-order valence-corrected chi connectivity index (χ1v) is 6.70. The van der Waals surface area contributed by atoms with Gasteiger partial charge in [-0.2, -0.15) is 0 Å². The van der Waals surface area contributed by atoms with Crippen LogP contribution in [-0.4, -0.2) is 6.61 Å². The van der Waals surface area contributed by atoms with Gasteiger partial charge in [-0.15, -0.1) is 0 Å². The number of hydrogen-bond donors (Lipinski definition) is 1. The maximum Gasteiger partial charge on any atom is 0.117 e. The zero-order valence-corrected chi connectivity index (χ0v) is 11.6. The van der Waals surface area contributed by atoms with Gasteiger partial charge in [0, 0.05) is 13.2 Å². The number of benzene rings is 1. The molecule has 1 aromatic carbocycles. The van der Waals surface area contributed by atoms with Gasteiger partial charge in [0.2, 0.25) is 0 Å². The van der Waals surface area contributed by atoms with E-state index < -0.39 is 0 Å². The Kier molecular flexibility index (Phi) is 5.19. The van der Waals surface area contributed by atoms with Crippen LogP contribution in [-0.2, 0) is 24.4 Å². The molecule has 1 N–H and O–H groups in total. The molecule has 0 radical (unpaired) electrons. The molecular formula is C16H21NO2. The fourth-order valence-electron chi connectivity index (χ4n) is 1.98. The van der Waals surface area contributed by atoms with Crippen molar-refractivity contribution in [2.45, 2.75) is 33.5 Å². The highest BCUT2D eigenvalue weighted by Gasteiger charge is 2.02. The van der Waals surface area contributed by atoms with E-state index in [9.17, 15) is 0 Å². The van der Waals surface area contributed by atoms with Crippen LogP contribution in [0.15, 0.2) is 40.8 Å². The van der Waals surface area contributed by atoms with Crippen molar-refractivity contribution in [3.05, 3.63) is 59.0 Å². The molecule has 0 atom stereocenters. The van der Waals surface area contributed by atoms with Crippen LogP contribution in [0.25, 0.3) is 0 Å². The van der Waals surface area contributed by atoms with Gasteiger partial charge in [-0.1, -0.05) is 24.3 Å². The lowest BCUT2D eigenvalue weighted by atomic mass is 10.1. The Bertz CT molecular complexity index is 505. The highest BCUT2D eigenvalue weighted by atomic mass is 16.5. The maximum absolute atomic E-state index is 5.53. The molecule has 3 heteroatoms. The predicted octanol–water partition coefficient (Wildman–Crippen LogP) is 3.41. The van der Waals surface area contributed by atoms with Crippen molar-refractivity contribution in [2.24, 2.45) is 0 Å². The number of hydrogen-bond acceptors (Lipinski definition) is 3. The second-order valence-electron chi connectivity index (χ2n) is 4.52. The Balaban J connectivity index is 1.88. The van der Waals surface area contributed by atoms with Crippen LogP contribution in [0.4, 0.5) is 0 Å². The van der Waals surface area contributed by atoms with Crippen molar-refractivity contribution < 1.29 is 9.15 Å². The molecule has 0 bridgehead atoms. The lowest BCUT2D eigenvalue weighted by Gasteiger charge is -2.10. The zero-order chi connectivity index (χ0) is 13.5. The minimum atomic E-state index is 0.675. The first-order chi connectivity index (χ1) is 9.29. The molecule has 0 aliphatic heterocycles. The van der Waals surface area contributed by atoms with Crippen LogP contribution in [0.2, 0.25) is 0 Å². The van der Waals surface area contributed by atoms with E-state index in [1.807, 2.05) is 32.0 Å². The quantitative estimate of drug-likeness (QED) is 0.827. The summed E-state index contributed by atoms with van der Waals surface area (Å²) in [4.78, 5) is 0. The normalized spacial score (nSPS) is 10.8. The Morgan fingerprint density at radius 1 is 1.05 bits per heavy atom. The minimum Gasteiger partial charge on any atom is -0.465 e. The van der Waals surface area contributed by atoms with Crippen LogP contribution in [0.1, 0.15) is 29.6 Å². The van der Waals surface area contributed by atoms with Crippen molar-refractivity contribution in [2.75, 3.05) is 6.61 Å². The van der Waals surface area contributed by atoms with Gasteiger partial charge in [-0.3, -0.25) is 0 Å². The van der Waals surface area contributed by atoms with E-state index in [0.29, 0.717) is 6.61 Å². The standard InChI is InChI=1S/C16H21NO2/c1-3-18-12-15-7-5-4-6-14(15)10-17-11-16-9-8-13(2)19-16/h4-9,17H,3,10-12H2,1-2H3. The number of nitrogens with one attached hydrogen (secondary N) is 1. The number of furan rings is 1. The molecule has 0 spiro atoms. The molecule has 0 saturated heterocycles. The summed E-state index contributed by atoms with van der Waals surface area (Å²) < 4.78 is 11.0. The summed E-state index contributed by atoms with van der Waals surface area (Å²) in [5.41, 5.74) is 2.52. The Morgan fingerprint density at radius 3 is 2.53 bits per heavy atom. The molecule has 19 heavy (non-hydrogen) atoms. The average molecular weight is 259 g/mol. The van der Waals surface area contributed by atoms with Crippen LogP contribution in [0, 0.1) is 6.92 Å². The lowest BCUT2D eigenvalue weighted by molar-refractivity contribution is 0.133. The third kappa shape index (κ3) is 4.23. The van der Waals surface area contributed by atoms with Gasteiger partial charge in [0.25, 0.3) is 0 Å². The SMILES string of the molecule is CCOCc1ccccc1CNCc1ccc(C)o1. The summed E-state index contributed by atoms with van der Waals surface area (Å²) in [5.74, 6) is 1.92. The van der Waals surface area contributed by atoms with E-state index >= 15 is 0 Å². The molecule has 0 amide bonds. The Hall–Kier alpha value is -1.58. The smallest absolute Gasteiger partial charge is 0.117 e. The van der Waals surface area contributed by atoms with Crippen LogP contribution in [0.5, 0.6) is 0 Å². The van der Waals surface area contributed by atoms with Gasteiger partial charge in [-0.25, -0.2) is 0 Å². The summed E-state index contributed by atoms with van der Waals surface area (Å²) in [6.45, 7) is 6.96. The summed E-state index contributed by atoms with van der Waals surface area (Å²) in [5, 5.41) is 3.40. The molecule has 0 aliphatic carbocycles. The van der Waals surface area contributed by atoms with E-state index in [-0.39, 0.29) is 0 Å². The van der Waals surface area contributed by atoms with Crippen molar-refractivity contribution in [3.8, 4) is 0 Å². The average Bonchev–Trinajstić information content (AvgIpc) is 2.83. The minimum absolute atomic E-state index is 0.675. The molecule has 2 rings (SSSR count). The summed E-state index contributed by atoms with van der Waals surface area (Å²) in [7, 11) is 0. The van der Waals surface area contributed by atoms with Gasteiger partial charge in [0.1, 0.15) is 11.5 Å². The second-order valence-corrected chi connectivity index (χ2v) is 4.52. The molecular weight excluding hydrogens is 238 g/mol. The first kappa shape index (κ1) is 13.8. The van der Waals surface area contributed by atoms with Gasteiger partial charge >= 0.3 is 0 Å². The molecule has 0 fully saturated rings. The third-order valence-electron chi connectivity index (χ3n) is 2.99. The molecule has 2 aromatic rings. The van der Waals surface area contributed by atoms with Crippen LogP contribution >= 0.6 is 0 Å². The van der Waals surface area contributed by atoms with E-state index in [1.54, 1.807) is 0 Å². The predicted molar refractivity (Wildman–Crippen MR) is 75.8 cm³/mol. The van der Waals surface area contributed by atoms with E-state index in [0.717, 1.165) is 31.2 Å². The number of aryl methyl sites for hydroxylation is 1. The fourth-order valence-corrected chi connectivity index (χ4v) is 1.98. The number of ether oxygens (including phenoxy) is 1. The van der Waals surface area contributed by atoms with Gasteiger partial charge in [0.15, 0.2) is 0 Å². The van der Waals surface area contributed by atoms with Crippen molar-refractivity contribution in [3.63, 3.8) is 0 Å². The van der Waals surface area contributed by atoms with E-state index in [1.165, 1.54) is 11.1 Å². The largest absolute Gasteiger partial charge is 0.465 e. The maximum atomic E-state index is 5.53. The highest BCUT2D eigenvalue weighted by molar-refractivity contribution is 5.26. The third-order valence-corrected chi connectivity index (χ3v) is 2.99. The van der Waals surface area contributed by atoms with Crippen molar-refractivity contribution in [1.82, 2.24) is 5.32 Å². The van der Waals surface area contributed by atoms with Crippen LogP contribution < -0.4 is 5.32 Å². The first-order valence-electron chi connectivity index (χ1n) is 6.70. The second kappa shape index (κ2) is 7.12. The van der Waals surface area contributed by atoms with Gasteiger partial charge in [0.05, 0.1) is 13.2 Å². The zero-order valence-electron chi connectivity index (χ0n) is 11.6. The Labute approximate surface area is 114 Å². The molecule has 102 valence electrons. The lowest BCUT2D eigenvalue weighted by Crippen LogP contribution is -2.13. The molecule has 0 aliphatic rings. The van der Waals surface area contributed by atoms with E-state index in [4.69, 9.17) is 9.15 Å². The molecule has 0 saturated carbocycles. The Morgan fingerprint density at radius 2 is 1.84 bits per heavy atom. The molecule has 1 heterocycles. The van der Waals surface area contributed by atoms with Crippen molar-refractivity contribution >= 4 is 0 Å². The van der Waals surface area contributed by atoms with Crippen molar-refractivity contribution in [1.29, 1.82) is 0 Å². The fraction of sp³-hybridized carbons (Fsp3) is 0.375.